The van der Waals surface area contributed by atoms with Crippen LogP contribution in [0.25, 0.3) is 6.08 Å². The Labute approximate surface area is 188 Å². The van der Waals surface area contributed by atoms with Gasteiger partial charge in [0.2, 0.25) is 0 Å². The number of pyridine rings is 1. The molecule has 0 aliphatic carbocycles. The van der Waals surface area contributed by atoms with E-state index in [0.717, 1.165) is 62.5 Å². The molecule has 32 heavy (non-hydrogen) atoms. The maximum Gasteiger partial charge on any atom is 0.123 e. The highest BCUT2D eigenvalue weighted by Crippen LogP contribution is 2.25. The second-order valence-corrected chi connectivity index (χ2v) is 8.29. The van der Waals surface area contributed by atoms with Crippen LogP contribution in [0.5, 0.6) is 0 Å². The Balaban J connectivity index is 1.26. The van der Waals surface area contributed by atoms with Crippen molar-refractivity contribution in [2.45, 2.75) is 12.8 Å². The Bertz CT molecular complexity index is 1100. The molecule has 0 atom stereocenters. The van der Waals surface area contributed by atoms with Crippen LogP contribution >= 0.6 is 0 Å². The minimum absolute atomic E-state index is 0.186. The first-order chi connectivity index (χ1) is 15.8. The second-order valence-electron chi connectivity index (χ2n) is 8.29. The molecule has 0 unspecified atom stereocenters. The molecular weight excluding hydrogens is 399 g/mol. The Morgan fingerprint density at radius 3 is 2.09 bits per heavy atom. The Morgan fingerprint density at radius 2 is 1.47 bits per heavy atom. The molecule has 1 fully saturated rings. The van der Waals surface area contributed by atoms with Crippen LogP contribution in [0.1, 0.15) is 24.0 Å². The number of allylic oxidation sites excluding steroid dienone is 1. The normalized spacial score (nSPS) is 18.0. The number of aliphatic imine (C=N–C) groups is 1. The third kappa shape index (κ3) is 4.57. The minimum Gasteiger partial charge on any atom is -0.368 e. The monoisotopic (exact) mass is 426 g/mol. The fourth-order valence-corrected chi connectivity index (χ4v) is 4.46. The van der Waals surface area contributed by atoms with Gasteiger partial charge < -0.3 is 9.80 Å². The molecule has 2 aromatic carbocycles. The summed E-state index contributed by atoms with van der Waals surface area (Å²) in [6, 6.07) is 19.7. The summed E-state index contributed by atoms with van der Waals surface area (Å²) in [7, 11) is 0. The predicted octanol–water partition coefficient (Wildman–Crippen LogP) is 5.21. The van der Waals surface area contributed by atoms with E-state index < -0.39 is 0 Å². The number of anilines is 2. The molecule has 1 saturated heterocycles. The van der Waals surface area contributed by atoms with E-state index >= 15 is 0 Å². The molecule has 0 bridgehead atoms. The predicted molar refractivity (Wildman–Crippen MR) is 130 cm³/mol. The third-order valence-electron chi connectivity index (χ3n) is 6.18. The fraction of sp³-hybridized carbons (Fsp3) is 0.259. The van der Waals surface area contributed by atoms with E-state index in [1.807, 2.05) is 24.4 Å². The van der Waals surface area contributed by atoms with Crippen molar-refractivity contribution in [2.24, 2.45) is 4.99 Å². The van der Waals surface area contributed by atoms with Gasteiger partial charge in [-0.1, -0.05) is 12.1 Å². The summed E-state index contributed by atoms with van der Waals surface area (Å²) in [5, 5.41) is 0. The Hall–Kier alpha value is -3.47. The molecule has 2 aliphatic heterocycles. The molecule has 3 aromatic rings. The molecule has 1 aromatic heterocycles. The van der Waals surface area contributed by atoms with Crippen LogP contribution < -0.4 is 9.80 Å². The molecule has 3 heterocycles. The number of benzene rings is 2. The van der Waals surface area contributed by atoms with Crippen LogP contribution in [0.3, 0.4) is 0 Å². The lowest BCUT2D eigenvalue weighted by Crippen LogP contribution is -2.46. The Kier molecular flexibility index (Phi) is 5.97. The third-order valence-corrected chi connectivity index (χ3v) is 6.18. The quantitative estimate of drug-likeness (QED) is 0.574. The first-order valence-electron chi connectivity index (χ1n) is 11.3. The van der Waals surface area contributed by atoms with Gasteiger partial charge in [0.1, 0.15) is 5.82 Å². The van der Waals surface area contributed by atoms with Gasteiger partial charge in [0.15, 0.2) is 0 Å². The van der Waals surface area contributed by atoms with Crippen LogP contribution in [0.2, 0.25) is 0 Å². The number of aromatic nitrogens is 1. The lowest BCUT2D eigenvalue weighted by Gasteiger charge is -2.37. The zero-order chi connectivity index (χ0) is 21.8. The lowest BCUT2D eigenvalue weighted by atomic mass is 9.95. The van der Waals surface area contributed by atoms with E-state index in [4.69, 9.17) is 4.99 Å². The number of rotatable bonds is 4. The van der Waals surface area contributed by atoms with Gasteiger partial charge in [0, 0.05) is 62.1 Å². The highest BCUT2D eigenvalue weighted by molar-refractivity contribution is 6.15. The molecule has 0 saturated carbocycles. The average molecular weight is 427 g/mol. The van der Waals surface area contributed by atoms with Gasteiger partial charge in [0.25, 0.3) is 0 Å². The number of piperazine rings is 1. The topological polar surface area (TPSA) is 31.7 Å². The lowest BCUT2D eigenvalue weighted by molar-refractivity contribution is 0.625. The van der Waals surface area contributed by atoms with Crippen LogP contribution in [0.4, 0.5) is 15.8 Å². The molecule has 0 spiro atoms. The summed E-state index contributed by atoms with van der Waals surface area (Å²) in [6.07, 6.45) is 8.09. The van der Waals surface area contributed by atoms with Gasteiger partial charge in [-0.2, -0.15) is 0 Å². The number of halogens is 1. The highest BCUT2D eigenvalue weighted by Gasteiger charge is 2.18. The molecule has 4 nitrogen and oxygen atoms in total. The first-order valence-corrected chi connectivity index (χ1v) is 11.3. The maximum absolute atomic E-state index is 13.2. The molecular formula is C27H27FN4. The summed E-state index contributed by atoms with van der Waals surface area (Å²) < 4.78 is 13.2. The van der Waals surface area contributed by atoms with Crippen molar-refractivity contribution in [3.8, 4) is 0 Å². The number of nitrogens with zero attached hydrogens (tertiary/aromatic N) is 4. The Morgan fingerprint density at radius 1 is 0.812 bits per heavy atom. The number of hydrogen-bond donors (Lipinski definition) is 0. The molecule has 5 heteroatoms. The summed E-state index contributed by atoms with van der Waals surface area (Å²) in [4.78, 5) is 13.8. The van der Waals surface area contributed by atoms with E-state index in [2.05, 4.69) is 51.2 Å². The van der Waals surface area contributed by atoms with Gasteiger partial charge in [-0.15, -0.1) is 0 Å². The van der Waals surface area contributed by atoms with E-state index in [0.29, 0.717) is 0 Å². The SMILES string of the molecule is Fc1ccc(N2CCN(c3ccc(C=C4CCCN=C4c4cccnc4)cc3)CC2)cc1. The van der Waals surface area contributed by atoms with E-state index in [9.17, 15) is 4.39 Å². The van der Waals surface area contributed by atoms with Gasteiger partial charge >= 0.3 is 0 Å². The van der Waals surface area contributed by atoms with Crippen LogP contribution in [0.15, 0.2) is 83.6 Å². The molecule has 5 rings (SSSR count). The smallest absolute Gasteiger partial charge is 0.123 e. The molecule has 162 valence electrons. The largest absolute Gasteiger partial charge is 0.368 e. The van der Waals surface area contributed by atoms with Crippen molar-refractivity contribution in [3.63, 3.8) is 0 Å². The van der Waals surface area contributed by atoms with Gasteiger partial charge in [-0.05, 0) is 78.6 Å². The number of hydrogen-bond acceptors (Lipinski definition) is 4. The second kappa shape index (κ2) is 9.35. The standard InChI is InChI=1S/C27H27FN4/c28-24-7-11-26(12-8-24)32-17-15-31(16-18-32)25-9-5-21(6-10-25)19-22-3-2-14-30-27(22)23-4-1-13-29-20-23/h1,4-13,19-20H,2-3,14-18H2. The minimum atomic E-state index is -0.186. The van der Waals surface area contributed by atoms with Gasteiger partial charge in [0.05, 0.1) is 5.71 Å². The molecule has 0 N–H and O–H groups in total. The maximum atomic E-state index is 13.2. The van der Waals surface area contributed by atoms with Crippen molar-refractivity contribution in [1.29, 1.82) is 0 Å². The van der Waals surface area contributed by atoms with Crippen molar-refractivity contribution in [1.82, 2.24) is 4.98 Å². The van der Waals surface area contributed by atoms with Crippen molar-refractivity contribution >= 4 is 23.2 Å². The zero-order valence-electron chi connectivity index (χ0n) is 18.1. The first kappa shape index (κ1) is 20.4. The zero-order valence-corrected chi connectivity index (χ0v) is 18.1. The summed E-state index contributed by atoms with van der Waals surface area (Å²) in [5.74, 6) is -0.186. The van der Waals surface area contributed by atoms with Crippen LogP contribution in [-0.2, 0) is 0 Å². The van der Waals surface area contributed by atoms with E-state index in [-0.39, 0.29) is 5.82 Å². The summed E-state index contributed by atoms with van der Waals surface area (Å²) in [6.45, 7) is 4.65. The molecule has 0 amide bonds. The summed E-state index contributed by atoms with van der Waals surface area (Å²) in [5.41, 5.74) is 6.99. The van der Waals surface area contributed by atoms with Crippen LogP contribution in [-0.4, -0.2) is 43.4 Å². The average Bonchev–Trinajstić information content (AvgIpc) is 2.86. The van der Waals surface area contributed by atoms with E-state index in [1.54, 1.807) is 6.20 Å². The highest BCUT2D eigenvalue weighted by atomic mass is 19.1. The van der Waals surface area contributed by atoms with E-state index in [1.165, 1.54) is 29.0 Å². The van der Waals surface area contributed by atoms with Gasteiger partial charge in [-0.3, -0.25) is 9.98 Å². The molecule has 0 radical (unpaired) electrons. The van der Waals surface area contributed by atoms with Crippen molar-refractivity contribution in [3.05, 3.63) is 95.6 Å². The van der Waals surface area contributed by atoms with Crippen molar-refractivity contribution in [2.75, 3.05) is 42.5 Å². The summed E-state index contributed by atoms with van der Waals surface area (Å²) >= 11 is 0. The molecule has 2 aliphatic rings. The van der Waals surface area contributed by atoms with Crippen LogP contribution in [0, 0.1) is 5.82 Å². The van der Waals surface area contributed by atoms with Crippen molar-refractivity contribution < 1.29 is 4.39 Å². The van der Waals surface area contributed by atoms with Gasteiger partial charge in [-0.25, -0.2) is 4.39 Å². The fourth-order valence-electron chi connectivity index (χ4n) is 4.46.